The summed E-state index contributed by atoms with van der Waals surface area (Å²) in [7, 11) is 3.23. The van der Waals surface area contributed by atoms with Crippen LogP contribution < -0.4 is 14.5 Å². The molecule has 3 aromatic carbocycles. The topological polar surface area (TPSA) is 125 Å². The molecular formula is C48H50CdN5O4-. The maximum absolute atomic E-state index is 9.99. The molecule has 9 nitrogen and oxygen atoms in total. The van der Waals surface area contributed by atoms with Gasteiger partial charge in [-0.2, -0.15) is 0 Å². The van der Waals surface area contributed by atoms with E-state index in [1.54, 1.807) is 14.2 Å². The number of methoxy groups -OCH3 is 2. The number of fused-ring (bicyclic) bond motifs is 7. The van der Waals surface area contributed by atoms with Crippen molar-refractivity contribution in [1.29, 1.82) is 0 Å². The number of aryl methyl sites for hydroxylation is 2. The minimum absolute atomic E-state index is 0. The van der Waals surface area contributed by atoms with Gasteiger partial charge in [0.25, 0.3) is 0 Å². The summed E-state index contributed by atoms with van der Waals surface area (Å²) >= 11 is 0. The predicted octanol–water partition coefficient (Wildman–Crippen LogP) is 9.85. The van der Waals surface area contributed by atoms with Crippen LogP contribution in [0.3, 0.4) is 0 Å². The summed E-state index contributed by atoms with van der Waals surface area (Å²) in [6.07, 6.45) is 4.08. The monoisotopic (exact) mass is 874 g/mol. The molecule has 294 valence electrons. The number of hydrogen-bond acceptors (Lipinski definition) is 8. The van der Waals surface area contributed by atoms with E-state index in [-0.39, 0.29) is 40.5 Å². The maximum Gasteiger partial charge on any atom is 0.163 e. The first-order valence-corrected chi connectivity index (χ1v) is 19.8. The van der Waals surface area contributed by atoms with Gasteiger partial charge in [0, 0.05) is 63.8 Å². The van der Waals surface area contributed by atoms with Crippen LogP contribution in [0.2, 0.25) is 0 Å². The number of aliphatic hydroxyl groups is 2. The Morgan fingerprint density at radius 3 is 1.29 bits per heavy atom. The van der Waals surface area contributed by atoms with Crippen molar-refractivity contribution in [3.63, 3.8) is 0 Å². The Morgan fingerprint density at radius 1 is 0.552 bits per heavy atom. The van der Waals surface area contributed by atoms with E-state index >= 15 is 0 Å². The second-order valence-electron chi connectivity index (χ2n) is 14.2. The third-order valence-electron chi connectivity index (χ3n) is 10.8. The van der Waals surface area contributed by atoms with E-state index in [0.717, 1.165) is 80.1 Å². The Balaban J connectivity index is 0.00000567. The largest absolute Gasteiger partial charge is 0.657 e. The molecule has 2 N–H and O–H groups in total. The van der Waals surface area contributed by atoms with Crippen LogP contribution in [0.1, 0.15) is 87.3 Å². The molecule has 58 heavy (non-hydrogen) atoms. The molecule has 4 heterocycles. The third-order valence-corrected chi connectivity index (χ3v) is 10.8. The number of aliphatic hydroxyl groups excluding tert-OH is 2. The number of hydrogen-bond donors (Lipinski definition) is 2. The summed E-state index contributed by atoms with van der Waals surface area (Å²) in [6.45, 7) is 8.66. The molecule has 0 fully saturated rings. The summed E-state index contributed by atoms with van der Waals surface area (Å²) < 4.78 is 11.7. The Hall–Kier alpha value is -4.98. The fourth-order valence-electron chi connectivity index (χ4n) is 7.90. The molecule has 0 spiro atoms. The van der Waals surface area contributed by atoms with Gasteiger partial charge in [-0.15, -0.1) is 11.0 Å². The van der Waals surface area contributed by atoms with Crippen molar-refractivity contribution in [2.75, 3.05) is 27.4 Å². The summed E-state index contributed by atoms with van der Waals surface area (Å²) in [5.41, 5.74) is 15.6. The van der Waals surface area contributed by atoms with E-state index in [4.69, 9.17) is 34.4 Å². The molecule has 0 radical (unpaired) electrons. The van der Waals surface area contributed by atoms with Crippen LogP contribution in [-0.2, 0) is 40.1 Å². The maximum atomic E-state index is 9.99. The van der Waals surface area contributed by atoms with Crippen LogP contribution >= 0.6 is 0 Å². The van der Waals surface area contributed by atoms with E-state index in [1.165, 1.54) is 11.1 Å². The van der Waals surface area contributed by atoms with Crippen molar-refractivity contribution in [3.8, 4) is 34.0 Å². The molecule has 0 unspecified atom stereocenters. The van der Waals surface area contributed by atoms with Crippen LogP contribution in [0.5, 0.6) is 11.5 Å². The summed E-state index contributed by atoms with van der Waals surface area (Å²) in [5.74, 6) is 1.03. The Kier molecular flexibility index (Phi) is 14.1. The average Bonchev–Trinajstić information content (AvgIpc) is 3.85. The van der Waals surface area contributed by atoms with Crippen LogP contribution in [0.25, 0.3) is 66.9 Å². The van der Waals surface area contributed by atoms with Gasteiger partial charge in [0.15, 0.2) is 11.5 Å². The average molecular weight is 873 g/mol. The van der Waals surface area contributed by atoms with Gasteiger partial charge in [-0.25, -0.2) is 19.9 Å². The van der Waals surface area contributed by atoms with Crippen molar-refractivity contribution in [3.05, 3.63) is 119 Å². The molecule has 6 bridgehead atoms. The van der Waals surface area contributed by atoms with Gasteiger partial charge in [-0.3, -0.25) is 0 Å². The van der Waals surface area contributed by atoms with Crippen molar-refractivity contribution in [2.24, 2.45) is 0 Å². The van der Waals surface area contributed by atoms with Gasteiger partial charge in [-0.05, 0) is 74.7 Å². The van der Waals surface area contributed by atoms with Crippen molar-refractivity contribution >= 4 is 44.4 Å². The van der Waals surface area contributed by atoms with Crippen molar-refractivity contribution in [1.82, 2.24) is 24.9 Å². The van der Waals surface area contributed by atoms with E-state index in [1.807, 2.05) is 72.8 Å². The molecule has 0 aliphatic carbocycles. The minimum atomic E-state index is 0. The quantitative estimate of drug-likeness (QED) is 0.118. The fourth-order valence-corrected chi connectivity index (χ4v) is 7.90. The smallest absolute Gasteiger partial charge is 0.163 e. The minimum Gasteiger partial charge on any atom is -0.657 e. The van der Waals surface area contributed by atoms with Gasteiger partial charge in [-0.1, -0.05) is 97.8 Å². The third kappa shape index (κ3) is 8.44. The van der Waals surface area contributed by atoms with Crippen molar-refractivity contribution in [2.45, 2.75) is 66.2 Å². The first-order chi connectivity index (χ1) is 27.8. The predicted molar refractivity (Wildman–Crippen MR) is 230 cm³/mol. The second-order valence-corrected chi connectivity index (χ2v) is 14.2. The fraction of sp³-hybridized carbons (Fsp3) is 0.292. The van der Waals surface area contributed by atoms with Gasteiger partial charge >= 0.3 is 0 Å². The molecule has 5 aromatic rings. The molecule has 2 aliphatic rings. The number of ether oxygens (including phenoxy) is 2. The van der Waals surface area contributed by atoms with E-state index in [2.05, 4.69) is 39.8 Å². The first-order valence-electron chi connectivity index (χ1n) is 19.8. The molecule has 0 saturated carbocycles. The zero-order valence-corrected chi connectivity index (χ0v) is 38.4. The summed E-state index contributed by atoms with van der Waals surface area (Å²) in [6, 6.07) is 28.1. The van der Waals surface area contributed by atoms with Gasteiger partial charge < -0.3 is 24.7 Å². The molecule has 2 aromatic heterocycles. The van der Waals surface area contributed by atoms with Crippen LogP contribution in [0.15, 0.2) is 84.9 Å². The standard InChI is InChI=1S/C48H50N5O4.Cd/c1-7-33-34(8-2)38-26-40-36(22-16-24-55)30(4)46(51-40)48(32-19-13-10-14-20-32)53-42-28-44(57-6)43(56-5)27-41(42)52-47(31-17-11-9-12-18-31)45-29(3)35(21-15-23-54)39(50-45)25-37(33)49-38;/h9-14,17-20,25-28,54-55H,7-8,15-16,21-24H2,1-6H3;/q-1;. The SMILES string of the molecule is CCc1c(CC)c2cc3nc(c(-c4ccccc4)nc4cc(OC)c(OC)cc4nc(-c4ccccc4)c4nc(cc1[n-]2)C(CCCO)=C4C)C(C)=C3CCCO.[Cd]. The van der Waals surface area contributed by atoms with Gasteiger partial charge in [0.2, 0.25) is 0 Å². The van der Waals surface area contributed by atoms with E-state index in [0.29, 0.717) is 59.6 Å². The second kappa shape index (κ2) is 19.2. The Bertz CT molecular complexity index is 2390. The normalized spacial score (nSPS) is 12.4. The molecule has 0 atom stereocenters. The number of rotatable bonds is 12. The van der Waals surface area contributed by atoms with E-state index < -0.39 is 0 Å². The molecule has 7 rings (SSSR count). The zero-order valence-electron chi connectivity index (χ0n) is 34.4. The Morgan fingerprint density at radius 2 is 0.948 bits per heavy atom. The zero-order chi connectivity index (χ0) is 40.1. The van der Waals surface area contributed by atoms with Crippen LogP contribution in [0, 0.1) is 0 Å². The summed E-state index contributed by atoms with van der Waals surface area (Å²) in [5, 5.41) is 20.0. The first kappa shape index (κ1) is 42.6. The van der Waals surface area contributed by atoms with Crippen molar-refractivity contribution < 1.29 is 47.0 Å². The number of aromatic nitrogens is 5. The van der Waals surface area contributed by atoms with Gasteiger partial charge in [0.1, 0.15) is 0 Å². The van der Waals surface area contributed by atoms with Crippen LogP contribution in [0.4, 0.5) is 0 Å². The number of nitrogens with zero attached hydrogens (tertiary/aromatic N) is 5. The Labute approximate surface area is 360 Å². The molecule has 2 aliphatic heterocycles. The van der Waals surface area contributed by atoms with Crippen LogP contribution in [-0.4, -0.2) is 57.6 Å². The van der Waals surface area contributed by atoms with E-state index in [9.17, 15) is 10.2 Å². The van der Waals surface area contributed by atoms with Gasteiger partial charge in [0.05, 0.1) is 59.4 Å². The molecule has 10 heteroatoms. The molecular weight excluding hydrogens is 823 g/mol. The molecule has 0 amide bonds. The molecule has 0 saturated heterocycles. The number of allylic oxidation sites excluding steroid dienone is 4. The number of benzene rings is 3. The summed E-state index contributed by atoms with van der Waals surface area (Å²) in [4.78, 5) is 27.0.